The standard InChI is InChI=1S/C20H29N3O4/c1-4-5-6-7-12-20(2)18(25)23(19(26)22-20)14-17(24)21-13-15-8-10-16(27-3)11-9-15/h8-11H,4-7,12-14H2,1-3H3,(H,21,24)(H,22,26)/t20-/m0/s1. The van der Waals surface area contributed by atoms with Crippen LogP contribution >= 0.6 is 0 Å². The second-order valence-corrected chi connectivity index (χ2v) is 7.09. The van der Waals surface area contributed by atoms with E-state index in [-0.39, 0.29) is 18.4 Å². The Bertz CT molecular complexity index is 674. The minimum absolute atomic E-state index is 0.272. The molecule has 1 saturated heterocycles. The Morgan fingerprint density at radius 3 is 2.52 bits per heavy atom. The first kappa shape index (κ1) is 20.7. The molecule has 0 saturated carbocycles. The minimum Gasteiger partial charge on any atom is -0.497 e. The monoisotopic (exact) mass is 375 g/mol. The molecule has 4 amide bonds. The van der Waals surface area contributed by atoms with E-state index in [0.717, 1.165) is 41.9 Å². The van der Waals surface area contributed by atoms with Crippen molar-refractivity contribution in [3.05, 3.63) is 29.8 Å². The molecule has 0 radical (unpaired) electrons. The Morgan fingerprint density at radius 1 is 1.19 bits per heavy atom. The highest BCUT2D eigenvalue weighted by Gasteiger charge is 2.47. The molecule has 7 nitrogen and oxygen atoms in total. The average molecular weight is 375 g/mol. The molecule has 7 heteroatoms. The van der Waals surface area contributed by atoms with Crippen LogP contribution in [0.25, 0.3) is 0 Å². The van der Waals surface area contributed by atoms with Gasteiger partial charge in [-0.2, -0.15) is 0 Å². The SMILES string of the molecule is CCCCCC[C@]1(C)NC(=O)N(CC(=O)NCc2ccc(OC)cc2)C1=O. The highest BCUT2D eigenvalue weighted by Crippen LogP contribution is 2.24. The Labute approximate surface area is 160 Å². The lowest BCUT2D eigenvalue weighted by atomic mass is 9.94. The summed E-state index contributed by atoms with van der Waals surface area (Å²) in [6, 6.07) is 6.81. The molecule has 0 bridgehead atoms. The molecule has 27 heavy (non-hydrogen) atoms. The van der Waals surface area contributed by atoms with Crippen molar-refractivity contribution >= 4 is 17.8 Å². The maximum atomic E-state index is 12.6. The molecule has 0 spiro atoms. The number of urea groups is 1. The van der Waals surface area contributed by atoms with Crippen molar-refractivity contribution < 1.29 is 19.1 Å². The Morgan fingerprint density at radius 2 is 1.89 bits per heavy atom. The van der Waals surface area contributed by atoms with Gasteiger partial charge >= 0.3 is 6.03 Å². The number of hydrogen-bond acceptors (Lipinski definition) is 4. The maximum Gasteiger partial charge on any atom is 0.325 e. The first-order valence-electron chi connectivity index (χ1n) is 9.43. The quantitative estimate of drug-likeness (QED) is 0.486. The number of benzene rings is 1. The number of unbranched alkanes of at least 4 members (excludes halogenated alkanes) is 3. The van der Waals surface area contributed by atoms with Gasteiger partial charge in [-0.25, -0.2) is 4.79 Å². The molecule has 2 rings (SSSR count). The molecule has 1 aromatic carbocycles. The van der Waals surface area contributed by atoms with Crippen LogP contribution in [-0.2, 0) is 16.1 Å². The third kappa shape index (κ3) is 5.45. The molecule has 0 unspecified atom stereocenters. The molecular formula is C20H29N3O4. The lowest BCUT2D eigenvalue weighted by molar-refractivity contribution is -0.134. The summed E-state index contributed by atoms with van der Waals surface area (Å²) in [7, 11) is 1.59. The van der Waals surface area contributed by atoms with Crippen molar-refractivity contribution in [2.75, 3.05) is 13.7 Å². The molecule has 1 aliphatic heterocycles. The number of amides is 4. The fraction of sp³-hybridized carbons (Fsp3) is 0.550. The fourth-order valence-corrected chi connectivity index (χ4v) is 3.11. The Kier molecular flexibility index (Phi) is 7.21. The van der Waals surface area contributed by atoms with Crippen molar-refractivity contribution in [2.45, 2.75) is 58.0 Å². The van der Waals surface area contributed by atoms with Crippen LogP contribution in [0.2, 0.25) is 0 Å². The van der Waals surface area contributed by atoms with Crippen molar-refractivity contribution in [2.24, 2.45) is 0 Å². The molecule has 2 N–H and O–H groups in total. The van der Waals surface area contributed by atoms with Gasteiger partial charge in [-0.15, -0.1) is 0 Å². The van der Waals surface area contributed by atoms with Crippen LogP contribution in [0.15, 0.2) is 24.3 Å². The van der Waals surface area contributed by atoms with Gasteiger partial charge in [0.05, 0.1) is 7.11 Å². The van der Waals surface area contributed by atoms with Crippen molar-refractivity contribution in [3.63, 3.8) is 0 Å². The zero-order chi connectivity index (χ0) is 19.9. The lowest BCUT2D eigenvalue weighted by Crippen LogP contribution is -2.45. The number of carbonyl (C=O) groups excluding carboxylic acids is 3. The van der Waals surface area contributed by atoms with Crippen LogP contribution in [0.1, 0.15) is 51.5 Å². The molecule has 0 aliphatic carbocycles. The van der Waals surface area contributed by atoms with Gasteiger partial charge in [0.2, 0.25) is 5.91 Å². The second kappa shape index (κ2) is 9.39. The van der Waals surface area contributed by atoms with Crippen molar-refractivity contribution in [1.29, 1.82) is 0 Å². The molecule has 1 aromatic rings. The third-order valence-corrected chi connectivity index (χ3v) is 4.83. The highest BCUT2D eigenvalue weighted by atomic mass is 16.5. The molecule has 1 aliphatic rings. The first-order valence-corrected chi connectivity index (χ1v) is 9.43. The summed E-state index contributed by atoms with van der Waals surface area (Å²) in [6.07, 6.45) is 4.69. The van der Waals surface area contributed by atoms with Gasteiger partial charge in [-0.05, 0) is 31.0 Å². The lowest BCUT2D eigenvalue weighted by Gasteiger charge is -2.21. The summed E-state index contributed by atoms with van der Waals surface area (Å²) in [4.78, 5) is 38.0. The van der Waals surface area contributed by atoms with Crippen molar-refractivity contribution in [1.82, 2.24) is 15.5 Å². The number of ether oxygens (including phenoxy) is 1. The fourth-order valence-electron chi connectivity index (χ4n) is 3.11. The topological polar surface area (TPSA) is 87.7 Å². The third-order valence-electron chi connectivity index (χ3n) is 4.83. The smallest absolute Gasteiger partial charge is 0.325 e. The number of nitrogens with zero attached hydrogens (tertiary/aromatic N) is 1. The zero-order valence-corrected chi connectivity index (χ0v) is 16.3. The molecule has 1 atom stereocenters. The van der Waals surface area contributed by atoms with E-state index in [2.05, 4.69) is 17.6 Å². The average Bonchev–Trinajstić information content (AvgIpc) is 2.87. The van der Waals surface area contributed by atoms with Gasteiger partial charge in [0.15, 0.2) is 0 Å². The van der Waals surface area contributed by atoms with E-state index >= 15 is 0 Å². The Hall–Kier alpha value is -2.57. The number of nitrogens with one attached hydrogen (secondary N) is 2. The van der Waals surface area contributed by atoms with E-state index in [4.69, 9.17) is 4.74 Å². The van der Waals surface area contributed by atoms with E-state index in [1.165, 1.54) is 0 Å². The van der Waals surface area contributed by atoms with Crippen LogP contribution in [0.5, 0.6) is 5.75 Å². The maximum absolute atomic E-state index is 12.6. The van der Waals surface area contributed by atoms with Gasteiger partial charge in [-0.1, -0.05) is 44.7 Å². The molecule has 0 aromatic heterocycles. The molecule has 148 valence electrons. The summed E-state index contributed by atoms with van der Waals surface area (Å²) in [5.41, 5.74) is -0.0109. The van der Waals surface area contributed by atoms with Crippen LogP contribution in [0.4, 0.5) is 4.79 Å². The first-order chi connectivity index (χ1) is 12.9. The number of carbonyl (C=O) groups is 3. The van der Waals surface area contributed by atoms with E-state index in [1.54, 1.807) is 14.0 Å². The van der Waals surface area contributed by atoms with E-state index in [1.807, 2.05) is 24.3 Å². The summed E-state index contributed by atoms with van der Waals surface area (Å²) in [5.74, 6) is 0.0378. The Balaban J connectivity index is 1.85. The number of rotatable bonds is 10. The summed E-state index contributed by atoms with van der Waals surface area (Å²) in [5, 5.41) is 5.48. The highest BCUT2D eigenvalue weighted by molar-refractivity contribution is 6.08. The largest absolute Gasteiger partial charge is 0.497 e. The summed E-state index contributed by atoms with van der Waals surface area (Å²) >= 11 is 0. The number of hydrogen-bond donors (Lipinski definition) is 2. The predicted molar refractivity (Wildman–Crippen MR) is 102 cm³/mol. The number of imide groups is 1. The van der Waals surface area contributed by atoms with Gasteiger partial charge in [-0.3, -0.25) is 14.5 Å². The van der Waals surface area contributed by atoms with Gasteiger partial charge in [0.1, 0.15) is 17.8 Å². The molecular weight excluding hydrogens is 346 g/mol. The van der Waals surface area contributed by atoms with E-state index < -0.39 is 11.6 Å². The predicted octanol–water partition coefficient (Wildman–Crippen LogP) is 2.59. The number of methoxy groups -OCH3 is 1. The zero-order valence-electron chi connectivity index (χ0n) is 16.3. The van der Waals surface area contributed by atoms with Gasteiger partial charge in [0, 0.05) is 6.54 Å². The van der Waals surface area contributed by atoms with E-state index in [9.17, 15) is 14.4 Å². The van der Waals surface area contributed by atoms with Crippen molar-refractivity contribution in [3.8, 4) is 5.75 Å². The molecule has 1 fully saturated rings. The summed E-state index contributed by atoms with van der Waals surface area (Å²) in [6.45, 7) is 3.90. The van der Waals surface area contributed by atoms with E-state index in [0.29, 0.717) is 13.0 Å². The van der Waals surface area contributed by atoms with Crippen LogP contribution < -0.4 is 15.4 Å². The van der Waals surface area contributed by atoms with Gasteiger partial charge in [0.25, 0.3) is 5.91 Å². The second-order valence-electron chi connectivity index (χ2n) is 7.09. The normalized spacial score (nSPS) is 19.1. The molecule has 1 heterocycles. The summed E-state index contributed by atoms with van der Waals surface area (Å²) < 4.78 is 5.09. The van der Waals surface area contributed by atoms with Crippen LogP contribution in [-0.4, -0.2) is 41.9 Å². The van der Waals surface area contributed by atoms with Crippen LogP contribution in [0, 0.1) is 0 Å². The minimum atomic E-state index is -0.916. The van der Waals surface area contributed by atoms with Gasteiger partial charge < -0.3 is 15.4 Å². The van der Waals surface area contributed by atoms with Crippen LogP contribution in [0.3, 0.4) is 0 Å².